The lowest BCUT2D eigenvalue weighted by molar-refractivity contribution is -0.118. The van der Waals surface area contributed by atoms with Gasteiger partial charge in [0.1, 0.15) is 6.04 Å². The molecule has 5 heteroatoms. The van der Waals surface area contributed by atoms with Gasteiger partial charge in [-0.25, -0.2) is 0 Å². The fraction of sp³-hybridized carbons (Fsp3) is 0.364. The first-order chi connectivity index (χ1) is 13.1. The van der Waals surface area contributed by atoms with E-state index in [-0.39, 0.29) is 17.9 Å². The number of rotatable bonds is 4. The van der Waals surface area contributed by atoms with E-state index in [1.165, 1.54) is 11.1 Å². The minimum atomic E-state index is -0.111. The van der Waals surface area contributed by atoms with Crippen LogP contribution in [-0.4, -0.2) is 30.9 Å². The van der Waals surface area contributed by atoms with Crippen molar-refractivity contribution < 1.29 is 9.59 Å². The zero-order valence-electron chi connectivity index (χ0n) is 15.6. The Morgan fingerprint density at radius 3 is 2.81 bits per heavy atom. The summed E-state index contributed by atoms with van der Waals surface area (Å²) in [6.07, 6.45) is 3.88. The second-order valence-electron chi connectivity index (χ2n) is 7.42. The molecule has 2 aliphatic rings. The number of carbonyl (C=O) groups is 2. The monoisotopic (exact) mass is 363 g/mol. The van der Waals surface area contributed by atoms with E-state index >= 15 is 0 Å². The maximum Gasteiger partial charge on any atom is 0.251 e. The third-order valence-corrected chi connectivity index (χ3v) is 5.45. The molecule has 2 aromatic carbocycles. The Morgan fingerprint density at radius 1 is 1.19 bits per heavy atom. The molecule has 0 radical (unpaired) electrons. The molecule has 0 saturated carbocycles. The van der Waals surface area contributed by atoms with Crippen LogP contribution < -0.4 is 15.5 Å². The van der Waals surface area contributed by atoms with Crippen molar-refractivity contribution in [3.8, 4) is 0 Å². The number of amides is 2. The molecule has 0 unspecified atom stereocenters. The fourth-order valence-corrected chi connectivity index (χ4v) is 3.91. The van der Waals surface area contributed by atoms with Crippen LogP contribution in [0.1, 0.15) is 40.7 Å². The van der Waals surface area contributed by atoms with Crippen LogP contribution in [-0.2, 0) is 11.2 Å². The molecule has 0 aromatic heterocycles. The summed E-state index contributed by atoms with van der Waals surface area (Å²) in [5, 5.41) is 5.95. The van der Waals surface area contributed by atoms with Crippen LogP contribution in [0.5, 0.6) is 0 Å². The number of nitrogens with zero attached hydrogens (tertiary/aromatic N) is 1. The number of fused-ring (bicyclic) bond motifs is 3. The molecule has 0 bridgehead atoms. The largest absolute Gasteiger partial charge is 0.358 e. The average Bonchev–Trinajstić information content (AvgIpc) is 2.69. The SMILES string of the molecule is Cc1ccc(CCNC(=O)c2ccc3c(c2)NC(=O)[C@@H]2CCCCN32)cc1. The summed E-state index contributed by atoms with van der Waals surface area (Å²) in [6.45, 7) is 3.54. The number of piperidine rings is 1. The zero-order valence-corrected chi connectivity index (χ0v) is 15.6. The average molecular weight is 363 g/mol. The highest BCUT2D eigenvalue weighted by molar-refractivity contribution is 6.05. The van der Waals surface area contributed by atoms with Gasteiger partial charge in [0.25, 0.3) is 5.91 Å². The van der Waals surface area contributed by atoms with E-state index in [0.717, 1.165) is 43.6 Å². The van der Waals surface area contributed by atoms with Crippen LogP contribution in [0.2, 0.25) is 0 Å². The molecule has 2 heterocycles. The summed E-state index contributed by atoms with van der Waals surface area (Å²) in [4.78, 5) is 27.1. The summed E-state index contributed by atoms with van der Waals surface area (Å²) in [7, 11) is 0. The standard InChI is InChI=1S/C22H25N3O2/c1-15-5-7-16(8-6-15)11-12-23-21(26)17-9-10-19-18(14-17)24-22(27)20-4-2-3-13-25(19)20/h5-10,14,20H,2-4,11-13H2,1H3,(H,23,26)(H,24,27)/t20-/m0/s1. The maximum absolute atomic E-state index is 12.5. The Labute approximate surface area is 159 Å². The molecule has 2 aliphatic heterocycles. The van der Waals surface area contributed by atoms with Crippen molar-refractivity contribution in [2.75, 3.05) is 23.3 Å². The van der Waals surface area contributed by atoms with Crippen LogP contribution in [0.4, 0.5) is 11.4 Å². The van der Waals surface area contributed by atoms with Gasteiger partial charge in [0.05, 0.1) is 11.4 Å². The van der Waals surface area contributed by atoms with Crippen molar-refractivity contribution in [1.29, 1.82) is 0 Å². The van der Waals surface area contributed by atoms with E-state index in [4.69, 9.17) is 0 Å². The first-order valence-electron chi connectivity index (χ1n) is 9.67. The predicted octanol–water partition coefficient (Wildman–Crippen LogP) is 3.28. The van der Waals surface area contributed by atoms with Gasteiger partial charge in [0.15, 0.2) is 0 Å². The number of anilines is 2. The van der Waals surface area contributed by atoms with Gasteiger partial charge >= 0.3 is 0 Å². The molecule has 2 aromatic rings. The van der Waals surface area contributed by atoms with Crippen LogP contribution in [0.15, 0.2) is 42.5 Å². The topological polar surface area (TPSA) is 61.4 Å². The molecule has 27 heavy (non-hydrogen) atoms. The van der Waals surface area contributed by atoms with E-state index < -0.39 is 0 Å². The van der Waals surface area contributed by atoms with E-state index in [1.807, 2.05) is 12.1 Å². The number of aryl methyl sites for hydroxylation is 1. The molecule has 1 saturated heterocycles. The number of nitrogens with one attached hydrogen (secondary N) is 2. The number of carbonyl (C=O) groups excluding carboxylic acids is 2. The van der Waals surface area contributed by atoms with Crippen LogP contribution in [0, 0.1) is 6.92 Å². The van der Waals surface area contributed by atoms with E-state index in [9.17, 15) is 9.59 Å². The van der Waals surface area contributed by atoms with Crippen molar-refractivity contribution in [2.45, 2.75) is 38.6 Å². The number of hydrogen-bond acceptors (Lipinski definition) is 3. The Morgan fingerprint density at radius 2 is 2.00 bits per heavy atom. The zero-order chi connectivity index (χ0) is 18.8. The minimum absolute atomic E-state index is 0.0409. The van der Waals surface area contributed by atoms with Crippen molar-refractivity contribution in [3.05, 3.63) is 59.2 Å². The fourth-order valence-electron chi connectivity index (χ4n) is 3.91. The molecule has 0 spiro atoms. The van der Waals surface area contributed by atoms with E-state index in [2.05, 4.69) is 46.7 Å². The van der Waals surface area contributed by atoms with Crippen LogP contribution in [0.25, 0.3) is 0 Å². The van der Waals surface area contributed by atoms with Crippen LogP contribution in [0.3, 0.4) is 0 Å². The Balaban J connectivity index is 1.42. The molecule has 5 nitrogen and oxygen atoms in total. The number of benzene rings is 2. The summed E-state index contributed by atoms with van der Waals surface area (Å²) >= 11 is 0. The van der Waals surface area contributed by atoms with Gasteiger partial charge in [-0.3, -0.25) is 9.59 Å². The van der Waals surface area contributed by atoms with Gasteiger partial charge in [-0.15, -0.1) is 0 Å². The summed E-state index contributed by atoms with van der Waals surface area (Å²) in [5.41, 5.74) is 4.78. The lowest BCUT2D eigenvalue weighted by Gasteiger charge is -2.41. The smallest absolute Gasteiger partial charge is 0.251 e. The molecular weight excluding hydrogens is 338 g/mol. The van der Waals surface area contributed by atoms with E-state index in [1.54, 1.807) is 6.07 Å². The first-order valence-corrected chi connectivity index (χ1v) is 9.67. The van der Waals surface area contributed by atoms with Crippen LogP contribution >= 0.6 is 0 Å². The Bertz CT molecular complexity index is 860. The van der Waals surface area contributed by atoms with Gasteiger partial charge in [0, 0.05) is 18.7 Å². The molecule has 1 fully saturated rings. The highest BCUT2D eigenvalue weighted by Gasteiger charge is 2.34. The van der Waals surface area contributed by atoms with Gasteiger partial charge in [0.2, 0.25) is 5.91 Å². The molecular formula is C22H25N3O2. The summed E-state index contributed by atoms with van der Waals surface area (Å²) in [6, 6.07) is 13.9. The lowest BCUT2D eigenvalue weighted by atomic mass is 9.97. The number of hydrogen-bond donors (Lipinski definition) is 2. The Hall–Kier alpha value is -2.82. The highest BCUT2D eigenvalue weighted by atomic mass is 16.2. The molecule has 2 amide bonds. The molecule has 2 N–H and O–H groups in total. The third kappa shape index (κ3) is 3.68. The second-order valence-corrected chi connectivity index (χ2v) is 7.42. The van der Waals surface area contributed by atoms with Crippen molar-refractivity contribution in [1.82, 2.24) is 5.32 Å². The minimum Gasteiger partial charge on any atom is -0.358 e. The quantitative estimate of drug-likeness (QED) is 0.876. The molecule has 4 rings (SSSR count). The van der Waals surface area contributed by atoms with Gasteiger partial charge in [-0.1, -0.05) is 29.8 Å². The summed E-state index contributed by atoms with van der Waals surface area (Å²) in [5.74, 6) is -0.0703. The van der Waals surface area contributed by atoms with Gasteiger partial charge in [-0.2, -0.15) is 0 Å². The molecule has 1 atom stereocenters. The Kier molecular flexibility index (Phi) is 4.84. The lowest BCUT2D eigenvalue weighted by Crippen LogP contribution is -2.50. The molecule has 0 aliphatic carbocycles. The van der Waals surface area contributed by atoms with Gasteiger partial charge in [-0.05, 0) is 56.4 Å². The van der Waals surface area contributed by atoms with Crippen molar-refractivity contribution in [2.24, 2.45) is 0 Å². The van der Waals surface area contributed by atoms with Gasteiger partial charge < -0.3 is 15.5 Å². The normalized spacial score (nSPS) is 18.3. The highest BCUT2D eigenvalue weighted by Crippen LogP contribution is 2.36. The van der Waals surface area contributed by atoms with Crippen molar-refractivity contribution in [3.63, 3.8) is 0 Å². The second kappa shape index (κ2) is 7.43. The van der Waals surface area contributed by atoms with E-state index in [0.29, 0.717) is 12.1 Å². The third-order valence-electron chi connectivity index (χ3n) is 5.45. The predicted molar refractivity (Wildman–Crippen MR) is 107 cm³/mol. The maximum atomic E-state index is 12.5. The summed E-state index contributed by atoms with van der Waals surface area (Å²) < 4.78 is 0. The van der Waals surface area contributed by atoms with Crippen molar-refractivity contribution >= 4 is 23.2 Å². The molecule has 140 valence electrons. The first kappa shape index (κ1) is 17.6.